The van der Waals surface area contributed by atoms with Crippen LogP contribution in [-0.2, 0) is 37.1 Å². The summed E-state index contributed by atoms with van der Waals surface area (Å²) in [6.45, 7) is 6.50. The fraction of sp³-hybridized carbons (Fsp3) is 0.483. The van der Waals surface area contributed by atoms with E-state index >= 15 is 0 Å². The molecule has 44 heavy (non-hydrogen) atoms. The van der Waals surface area contributed by atoms with Crippen molar-refractivity contribution in [3.05, 3.63) is 58.0 Å². The molecule has 12 nitrogen and oxygen atoms in total. The molecule has 1 fully saturated rings. The van der Waals surface area contributed by atoms with E-state index in [0.29, 0.717) is 37.6 Å². The Kier molecular flexibility index (Phi) is 10.6. The number of thioether (sulfide) groups is 1. The lowest BCUT2D eigenvalue weighted by atomic mass is 10.1. The number of benzene rings is 1. The number of imidazole rings is 1. The van der Waals surface area contributed by atoms with Crippen LogP contribution in [0.2, 0.25) is 0 Å². The molecule has 2 aromatic heterocycles. The standard InChI is InChI=1S/C29H35FN4O8S2/c1-5-6-11-41-26-25(28(38)43-22(17-35)12-20-7-8-21(30)13-23(20)44(4,39)40)31-29-32(9-10-34(29)27(26)37)16-24(36)33-14-18(2)42-19(3)15-33/h7-10,13,17-19,22H,5-6,11-12,14-16H2,1-4H3/t18-,19-,22?/m1/s1. The number of morpholine rings is 1. The Morgan fingerprint density at radius 2 is 1.93 bits per heavy atom. The maximum atomic E-state index is 13.8. The molecule has 4 rings (SSSR count). The average Bonchev–Trinajstić information content (AvgIpc) is 3.36. The minimum Gasteiger partial charge on any atom is -0.486 e. The highest BCUT2D eigenvalue weighted by Gasteiger charge is 2.29. The van der Waals surface area contributed by atoms with Gasteiger partial charge < -0.3 is 23.7 Å². The van der Waals surface area contributed by atoms with Crippen LogP contribution < -0.4 is 10.3 Å². The summed E-state index contributed by atoms with van der Waals surface area (Å²) in [6.07, 6.45) is 5.25. The van der Waals surface area contributed by atoms with Crippen molar-refractivity contribution in [3.8, 4) is 5.75 Å². The number of sulfone groups is 1. The number of hydrogen-bond acceptors (Lipinski definition) is 10. The normalized spacial score (nSPS) is 17.9. The Morgan fingerprint density at radius 3 is 2.57 bits per heavy atom. The van der Waals surface area contributed by atoms with Crippen LogP contribution in [-0.4, -0.2) is 88.0 Å². The second-order valence-electron chi connectivity index (χ2n) is 10.8. The van der Waals surface area contributed by atoms with Gasteiger partial charge in [-0.25, -0.2) is 22.2 Å². The van der Waals surface area contributed by atoms with Crippen molar-refractivity contribution in [2.75, 3.05) is 26.0 Å². The molecule has 0 bridgehead atoms. The number of aromatic nitrogens is 3. The minimum absolute atomic E-state index is 0.0325. The van der Waals surface area contributed by atoms with Crippen LogP contribution in [0.1, 0.15) is 49.7 Å². The second-order valence-corrected chi connectivity index (χ2v) is 14.0. The second kappa shape index (κ2) is 14.0. The fourth-order valence-electron chi connectivity index (χ4n) is 4.96. The summed E-state index contributed by atoms with van der Waals surface area (Å²) in [5.41, 5.74) is -0.824. The van der Waals surface area contributed by atoms with Gasteiger partial charge in [0.25, 0.3) is 0 Å². The average molecular weight is 651 g/mol. The predicted molar refractivity (Wildman–Crippen MR) is 161 cm³/mol. The van der Waals surface area contributed by atoms with Gasteiger partial charge in [0.15, 0.2) is 15.5 Å². The molecule has 0 spiro atoms. The number of aldehydes is 1. The summed E-state index contributed by atoms with van der Waals surface area (Å²) in [5, 5.41) is -1.85. The molecule has 1 amide bonds. The topological polar surface area (TPSA) is 146 Å². The lowest BCUT2D eigenvalue weighted by Crippen LogP contribution is -2.49. The van der Waals surface area contributed by atoms with Crippen molar-refractivity contribution in [2.24, 2.45) is 0 Å². The van der Waals surface area contributed by atoms with E-state index in [-0.39, 0.29) is 65.4 Å². The van der Waals surface area contributed by atoms with Crippen LogP contribution in [0, 0.1) is 5.82 Å². The maximum absolute atomic E-state index is 13.8. The van der Waals surface area contributed by atoms with E-state index in [9.17, 15) is 32.0 Å². The Hall–Kier alpha value is -3.56. The number of nitrogens with zero attached hydrogens (tertiary/aromatic N) is 4. The first-order chi connectivity index (χ1) is 20.8. The van der Waals surface area contributed by atoms with E-state index in [1.165, 1.54) is 27.4 Å². The van der Waals surface area contributed by atoms with Crippen LogP contribution in [0.5, 0.6) is 5.75 Å². The van der Waals surface area contributed by atoms with Gasteiger partial charge in [-0.15, -0.1) is 0 Å². The van der Waals surface area contributed by atoms with Crippen molar-refractivity contribution >= 4 is 44.7 Å². The molecule has 3 heterocycles. The highest BCUT2D eigenvalue weighted by Crippen LogP contribution is 2.27. The summed E-state index contributed by atoms with van der Waals surface area (Å²) >= 11 is 0.548. The van der Waals surface area contributed by atoms with Crippen LogP contribution in [0.3, 0.4) is 0 Å². The van der Waals surface area contributed by atoms with Crippen LogP contribution in [0.4, 0.5) is 4.39 Å². The molecule has 0 saturated carbocycles. The van der Waals surface area contributed by atoms with E-state index in [1.54, 1.807) is 4.90 Å². The van der Waals surface area contributed by atoms with Gasteiger partial charge in [-0.1, -0.05) is 31.2 Å². The largest absolute Gasteiger partial charge is 0.486 e. The van der Waals surface area contributed by atoms with E-state index in [0.717, 1.165) is 24.8 Å². The molecule has 0 N–H and O–H groups in total. The Labute approximate surface area is 258 Å². The van der Waals surface area contributed by atoms with Crippen molar-refractivity contribution in [1.29, 1.82) is 0 Å². The number of carbonyl (C=O) groups is 3. The molecule has 1 aromatic carbocycles. The summed E-state index contributed by atoms with van der Waals surface area (Å²) in [4.78, 5) is 58.1. The molecule has 1 aliphatic rings. The van der Waals surface area contributed by atoms with Crippen LogP contribution >= 0.6 is 11.8 Å². The number of rotatable bonds is 12. The third-order valence-corrected chi connectivity index (χ3v) is 9.15. The third kappa shape index (κ3) is 7.74. The highest BCUT2D eigenvalue weighted by atomic mass is 32.2. The van der Waals surface area contributed by atoms with Crippen molar-refractivity contribution in [1.82, 2.24) is 18.9 Å². The zero-order valence-electron chi connectivity index (χ0n) is 24.9. The van der Waals surface area contributed by atoms with E-state index in [1.807, 2.05) is 20.8 Å². The number of hydrogen-bond donors (Lipinski definition) is 0. The third-order valence-electron chi connectivity index (χ3n) is 6.98. The van der Waals surface area contributed by atoms with E-state index in [4.69, 9.17) is 9.47 Å². The summed E-state index contributed by atoms with van der Waals surface area (Å²) < 4.78 is 52.4. The summed E-state index contributed by atoms with van der Waals surface area (Å²) in [6, 6.07) is 3.19. The van der Waals surface area contributed by atoms with E-state index < -0.39 is 31.6 Å². The molecule has 3 atom stereocenters. The quantitative estimate of drug-likeness (QED) is 0.212. The summed E-state index contributed by atoms with van der Waals surface area (Å²) in [5.74, 6) is -1.24. The van der Waals surface area contributed by atoms with Crippen molar-refractivity contribution in [3.63, 3.8) is 0 Å². The Morgan fingerprint density at radius 1 is 1.23 bits per heavy atom. The smallest absolute Gasteiger partial charge is 0.302 e. The molecule has 3 aromatic rings. The zero-order chi connectivity index (χ0) is 32.2. The minimum atomic E-state index is -3.83. The number of amides is 1. The number of unbranched alkanes of at least 4 members (excludes halogenated alkanes) is 1. The van der Waals surface area contributed by atoms with Gasteiger partial charge in [-0.2, -0.15) is 0 Å². The van der Waals surface area contributed by atoms with Gasteiger partial charge in [0, 0.05) is 31.7 Å². The number of carbonyl (C=O) groups excluding carboxylic acids is 3. The SMILES string of the molecule is CCCCOc1c(C(=O)SC(C=O)Cc2ccc(F)cc2S(C)(=O)=O)nc2n(CC(=O)N3C[C@@H](C)O[C@H](C)C3)ccn2c1=O. The lowest BCUT2D eigenvalue weighted by molar-refractivity contribution is -0.143. The van der Waals surface area contributed by atoms with E-state index in [2.05, 4.69) is 4.98 Å². The van der Waals surface area contributed by atoms with Gasteiger partial charge >= 0.3 is 5.56 Å². The molecule has 0 aliphatic carbocycles. The Balaban J connectivity index is 1.67. The highest BCUT2D eigenvalue weighted by molar-refractivity contribution is 8.15. The number of fused-ring (bicyclic) bond motifs is 1. The van der Waals surface area contributed by atoms with Gasteiger partial charge in [-0.3, -0.25) is 14.4 Å². The van der Waals surface area contributed by atoms with Gasteiger partial charge in [0.2, 0.25) is 22.5 Å². The van der Waals surface area contributed by atoms with Crippen molar-refractivity contribution < 1.29 is 36.7 Å². The first kappa shape index (κ1) is 33.3. The molecule has 0 radical (unpaired) electrons. The first-order valence-electron chi connectivity index (χ1n) is 14.1. The maximum Gasteiger partial charge on any atom is 0.302 e. The molecular weight excluding hydrogens is 615 g/mol. The van der Waals surface area contributed by atoms with Gasteiger partial charge in [0.1, 0.15) is 18.6 Å². The molecule has 1 saturated heterocycles. The van der Waals surface area contributed by atoms with Crippen molar-refractivity contribution in [2.45, 2.75) is 68.9 Å². The molecule has 238 valence electrons. The zero-order valence-corrected chi connectivity index (χ0v) is 26.5. The van der Waals surface area contributed by atoms with Gasteiger partial charge in [-0.05, 0) is 44.4 Å². The predicted octanol–water partition coefficient (Wildman–Crippen LogP) is 2.54. The number of halogens is 1. The van der Waals surface area contributed by atoms with Gasteiger partial charge in [0.05, 0.1) is 29.0 Å². The fourth-order valence-corrected chi connectivity index (χ4v) is 6.76. The molecule has 15 heteroatoms. The Bertz CT molecular complexity index is 1710. The summed E-state index contributed by atoms with van der Waals surface area (Å²) in [7, 11) is -3.83. The molecular formula is C29H35FN4O8S2. The number of ether oxygens (including phenoxy) is 2. The van der Waals surface area contributed by atoms with Crippen LogP contribution in [0.25, 0.3) is 5.78 Å². The lowest BCUT2D eigenvalue weighted by Gasteiger charge is -2.35. The molecule has 1 unspecified atom stereocenters. The molecule has 1 aliphatic heterocycles. The monoisotopic (exact) mass is 650 g/mol. The van der Waals surface area contributed by atoms with Crippen LogP contribution in [0.15, 0.2) is 40.3 Å². The first-order valence-corrected chi connectivity index (χ1v) is 16.9.